The van der Waals surface area contributed by atoms with Crippen LogP contribution < -0.4 is 10.3 Å². The van der Waals surface area contributed by atoms with Crippen LogP contribution in [0.1, 0.15) is 45.6 Å². The molecule has 1 fully saturated rings. The Hall–Kier alpha value is -2.26. The maximum atomic E-state index is 12.6. The normalized spacial score (nSPS) is 17.4. The average molecular weight is 410 g/mol. The Labute approximate surface area is 165 Å². The predicted molar refractivity (Wildman–Crippen MR) is 103 cm³/mol. The van der Waals surface area contributed by atoms with Crippen molar-refractivity contribution >= 4 is 27.6 Å². The highest BCUT2D eigenvalue weighted by atomic mass is 32.2. The summed E-state index contributed by atoms with van der Waals surface area (Å²) in [6.45, 7) is 7.31. The molecule has 8 nitrogen and oxygen atoms in total. The lowest BCUT2D eigenvalue weighted by molar-refractivity contribution is -0.151. The number of amides is 2. The molecule has 28 heavy (non-hydrogen) atoms. The molecule has 1 aliphatic rings. The maximum Gasteiger partial charge on any atom is 0.291 e. The molecule has 0 aromatic heterocycles. The highest BCUT2D eigenvalue weighted by molar-refractivity contribution is 7.89. The summed E-state index contributed by atoms with van der Waals surface area (Å²) in [5, 5.41) is 0. The van der Waals surface area contributed by atoms with E-state index >= 15 is 0 Å². The smallest absolute Gasteiger partial charge is 0.291 e. The van der Waals surface area contributed by atoms with Gasteiger partial charge >= 0.3 is 0 Å². The molecule has 2 N–H and O–H groups in total. The molecule has 2 rings (SSSR count). The van der Waals surface area contributed by atoms with E-state index in [0.29, 0.717) is 19.3 Å². The number of nitrogens with one attached hydrogen (secondary N) is 2. The van der Waals surface area contributed by atoms with E-state index in [-0.39, 0.29) is 11.4 Å². The lowest BCUT2D eigenvalue weighted by Gasteiger charge is -2.27. The van der Waals surface area contributed by atoms with Gasteiger partial charge in [-0.3, -0.25) is 19.8 Å². The topological polar surface area (TPSA) is 113 Å². The minimum absolute atomic E-state index is 0.0117. The molecule has 2 amide bonds. The molecule has 1 atom stereocenters. The van der Waals surface area contributed by atoms with Gasteiger partial charge in [-0.15, -0.1) is 4.83 Å². The van der Waals surface area contributed by atoms with Crippen LogP contribution in [-0.4, -0.2) is 43.5 Å². The minimum atomic E-state index is -3.94. The Morgan fingerprint density at radius 2 is 1.79 bits per heavy atom. The number of hydrogen-bond donors (Lipinski definition) is 2. The van der Waals surface area contributed by atoms with Crippen LogP contribution in [0.25, 0.3) is 0 Å². The molecule has 1 aromatic rings. The van der Waals surface area contributed by atoms with Crippen LogP contribution in [-0.2, 0) is 24.4 Å². The number of sulfonamides is 1. The molecular formula is C19H27N3O5S. The van der Waals surface area contributed by atoms with Gasteiger partial charge in [0.05, 0.1) is 4.90 Å². The second-order valence-corrected chi connectivity index (χ2v) is 9.31. The fourth-order valence-electron chi connectivity index (χ4n) is 2.84. The Morgan fingerprint density at radius 1 is 1.18 bits per heavy atom. The number of Topliss-reactive ketones (excluding diaryl/α,β-unsaturated/α-hetero) is 1. The number of carbonyl (C=O) groups excluding carboxylic acids is 3. The molecule has 9 heteroatoms. The zero-order valence-corrected chi connectivity index (χ0v) is 17.4. The van der Waals surface area contributed by atoms with Crippen LogP contribution in [0.3, 0.4) is 0 Å². The van der Waals surface area contributed by atoms with E-state index in [9.17, 15) is 22.8 Å². The summed E-state index contributed by atoms with van der Waals surface area (Å²) in [5.74, 6) is -1.91. The standard InChI is InChI=1S/C19H27N3O5S/c1-5-19(3,4)16(23)18(25)22-12-6-7-15(22)17(24)20-21-28(26,27)14-10-8-13(2)9-11-14/h8-11,15,21H,5-7,12H2,1-4H3,(H,20,24)/t15-/m0/s1. The summed E-state index contributed by atoms with van der Waals surface area (Å²) in [5.41, 5.74) is 2.27. The molecule has 0 bridgehead atoms. The highest BCUT2D eigenvalue weighted by Crippen LogP contribution is 2.25. The molecule has 1 saturated heterocycles. The molecule has 1 aromatic carbocycles. The van der Waals surface area contributed by atoms with Crippen LogP contribution in [0.4, 0.5) is 0 Å². The summed E-state index contributed by atoms with van der Waals surface area (Å²) in [6, 6.07) is 5.27. The van der Waals surface area contributed by atoms with Crippen LogP contribution in [0, 0.1) is 12.3 Å². The second-order valence-electron chi connectivity index (χ2n) is 7.63. The zero-order valence-electron chi connectivity index (χ0n) is 16.6. The summed E-state index contributed by atoms with van der Waals surface area (Å²) in [6.07, 6.45) is 1.43. The first-order chi connectivity index (χ1) is 13.0. The largest absolute Gasteiger partial charge is 0.324 e. The monoisotopic (exact) mass is 409 g/mol. The van der Waals surface area contributed by atoms with Gasteiger partial charge in [0.15, 0.2) is 0 Å². The van der Waals surface area contributed by atoms with Crippen molar-refractivity contribution in [3.8, 4) is 0 Å². The Balaban J connectivity index is 2.06. The van der Waals surface area contributed by atoms with Gasteiger partial charge < -0.3 is 4.90 Å². The first kappa shape index (κ1) is 22.0. The van der Waals surface area contributed by atoms with E-state index < -0.39 is 39.1 Å². The molecule has 1 aliphatic heterocycles. The number of hydrogen-bond acceptors (Lipinski definition) is 5. The molecule has 0 saturated carbocycles. The van der Waals surface area contributed by atoms with Crippen molar-refractivity contribution < 1.29 is 22.8 Å². The Morgan fingerprint density at radius 3 is 2.36 bits per heavy atom. The Kier molecular flexibility index (Phi) is 6.61. The summed E-state index contributed by atoms with van der Waals surface area (Å²) in [4.78, 5) is 40.8. The number of rotatable bonds is 7. The fourth-order valence-corrected chi connectivity index (χ4v) is 3.69. The predicted octanol–water partition coefficient (Wildman–Crippen LogP) is 1.30. The van der Waals surface area contributed by atoms with Crippen molar-refractivity contribution in [3.63, 3.8) is 0 Å². The Bertz CT molecular complexity index is 862. The number of aryl methyl sites for hydroxylation is 1. The molecule has 0 aliphatic carbocycles. The van der Waals surface area contributed by atoms with Gasteiger partial charge in [-0.2, -0.15) is 0 Å². The first-order valence-electron chi connectivity index (χ1n) is 9.23. The fraction of sp³-hybridized carbons (Fsp3) is 0.526. The molecular weight excluding hydrogens is 382 g/mol. The number of carbonyl (C=O) groups is 3. The van der Waals surface area contributed by atoms with Gasteiger partial charge in [-0.1, -0.05) is 38.5 Å². The van der Waals surface area contributed by atoms with Crippen molar-refractivity contribution in [2.24, 2.45) is 5.41 Å². The molecule has 0 unspecified atom stereocenters. The van der Waals surface area contributed by atoms with Gasteiger partial charge in [0, 0.05) is 12.0 Å². The lowest BCUT2D eigenvalue weighted by Crippen LogP contribution is -2.53. The van der Waals surface area contributed by atoms with E-state index in [2.05, 4.69) is 10.3 Å². The van der Waals surface area contributed by atoms with Gasteiger partial charge in [-0.05, 0) is 38.3 Å². The first-order valence-corrected chi connectivity index (χ1v) is 10.7. The summed E-state index contributed by atoms with van der Waals surface area (Å²) >= 11 is 0. The minimum Gasteiger partial charge on any atom is -0.324 e. The van der Waals surface area contributed by atoms with Crippen LogP contribution in [0.5, 0.6) is 0 Å². The average Bonchev–Trinajstić information content (AvgIpc) is 3.15. The number of hydrazine groups is 1. The molecule has 0 radical (unpaired) electrons. The van der Waals surface area contributed by atoms with E-state index in [4.69, 9.17) is 0 Å². The van der Waals surface area contributed by atoms with Gasteiger partial charge in [0.2, 0.25) is 5.78 Å². The summed E-state index contributed by atoms with van der Waals surface area (Å²) in [7, 11) is -3.94. The van der Waals surface area contributed by atoms with Crippen molar-refractivity contribution in [1.82, 2.24) is 15.2 Å². The zero-order chi connectivity index (χ0) is 21.1. The van der Waals surface area contributed by atoms with Crippen LogP contribution >= 0.6 is 0 Å². The van der Waals surface area contributed by atoms with Crippen molar-refractivity contribution in [1.29, 1.82) is 0 Å². The molecule has 0 spiro atoms. The SMILES string of the molecule is CCC(C)(C)C(=O)C(=O)N1CCC[C@H]1C(=O)NNS(=O)(=O)c1ccc(C)cc1. The number of ketones is 1. The summed E-state index contributed by atoms with van der Waals surface area (Å²) < 4.78 is 24.6. The van der Waals surface area contributed by atoms with Gasteiger partial charge in [-0.25, -0.2) is 8.42 Å². The third-order valence-electron chi connectivity index (χ3n) is 5.15. The van der Waals surface area contributed by atoms with Gasteiger partial charge in [0.25, 0.3) is 21.8 Å². The second kappa shape index (κ2) is 8.40. The lowest BCUT2D eigenvalue weighted by atomic mass is 9.84. The van der Waals surface area contributed by atoms with E-state index in [1.165, 1.54) is 17.0 Å². The van der Waals surface area contributed by atoms with Crippen LogP contribution in [0.2, 0.25) is 0 Å². The maximum absolute atomic E-state index is 12.6. The van der Waals surface area contributed by atoms with E-state index in [0.717, 1.165) is 5.56 Å². The van der Waals surface area contributed by atoms with Crippen LogP contribution in [0.15, 0.2) is 29.2 Å². The quantitative estimate of drug-likeness (QED) is 0.521. The number of nitrogens with zero attached hydrogens (tertiary/aromatic N) is 1. The molecule has 154 valence electrons. The van der Waals surface area contributed by atoms with Crippen molar-refractivity contribution in [2.75, 3.05) is 6.54 Å². The molecule has 1 heterocycles. The van der Waals surface area contributed by atoms with E-state index in [1.807, 2.05) is 13.8 Å². The van der Waals surface area contributed by atoms with E-state index in [1.54, 1.807) is 26.0 Å². The third kappa shape index (κ3) is 4.77. The van der Waals surface area contributed by atoms with Gasteiger partial charge in [0.1, 0.15) is 6.04 Å². The van der Waals surface area contributed by atoms with Crippen molar-refractivity contribution in [2.45, 2.75) is 57.9 Å². The third-order valence-corrected chi connectivity index (χ3v) is 6.41. The number of likely N-dealkylation sites (tertiary alicyclic amines) is 1. The number of benzene rings is 1. The highest BCUT2D eigenvalue weighted by Gasteiger charge is 2.41. The van der Waals surface area contributed by atoms with Crippen molar-refractivity contribution in [3.05, 3.63) is 29.8 Å².